The minimum atomic E-state index is -3.07. The fourth-order valence-electron chi connectivity index (χ4n) is 3.48. The van der Waals surface area contributed by atoms with Crippen LogP contribution in [0.25, 0.3) is 0 Å². The molecule has 2 aliphatic rings. The smallest absolute Gasteiger partial charge is 0.266 e. The Hall–Kier alpha value is -0.990. The molecule has 3 heterocycles. The van der Waals surface area contributed by atoms with Crippen LogP contribution in [0.2, 0.25) is 0 Å². The SMILES string of the molecule is CCCN1CCN(C(=O)c2scnc2C)C2CS(=O)(=O)CC21. The third-order valence-corrected chi connectivity index (χ3v) is 7.12. The number of hydrogen-bond acceptors (Lipinski definition) is 6. The number of fused-ring (bicyclic) bond motifs is 1. The number of rotatable bonds is 3. The van der Waals surface area contributed by atoms with Crippen LogP contribution in [0.1, 0.15) is 28.7 Å². The maximum Gasteiger partial charge on any atom is 0.266 e. The Bertz CT molecular complexity index is 671. The predicted octanol–water partition coefficient (Wildman–Crippen LogP) is 0.785. The third kappa shape index (κ3) is 2.79. The summed E-state index contributed by atoms with van der Waals surface area (Å²) in [6.07, 6.45) is 0.991. The second kappa shape index (κ2) is 5.90. The Morgan fingerprint density at radius 3 is 2.73 bits per heavy atom. The minimum Gasteiger partial charge on any atom is -0.331 e. The summed E-state index contributed by atoms with van der Waals surface area (Å²) in [5.41, 5.74) is 2.39. The van der Waals surface area contributed by atoms with Crippen molar-refractivity contribution in [3.63, 3.8) is 0 Å². The average molecular weight is 343 g/mol. The molecular formula is C14H21N3O3S2. The van der Waals surface area contributed by atoms with Gasteiger partial charge in [0, 0.05) is 19.1 Å². The lowest BCUT2D eigenvalue weighted by molar-refractivity contribution is 0.0336. The number of carbonyl (C=O) groups excluding carboxylic acids is 1. The number of nitrogens with zero attached hydrogens (tertiary/aromatic N) is 3. The number of amides is 1. The van der Waals surface area contributed by atoms with E-state index in [1.54, 1.807) is 10.4 Å². The van der Waals surface area contributed by atoms with E-state index in [-0.39, 0.29) is 29.5 Å². The van der Waals surface area contributed by atoms with Crippen molar-refractivity contribution in [2.75, 3.05) is 31.1 Å². The van der Waals surface area contributed by atoms with Gasteiger partial charge in [0.05, 0.1) is 28.8 Å². The zero-order chi connectivity index (χ0) is 15.9. The van der Waals surface area contributed by atoms with Crippen LogP contribution in [-0.2, 0) is 9.84 Å². The van der Waals surface area contributed by atoms with E-state index in [4.69, 9.17) is 0 Å². The summed E-state index contributed by atoms with van der Waals surface area (Å²) in [4.78, 5) is 21.5. The standard InChI is InChI=1S/C14H21N3O3S2/c1-3-4-16-5-6-17(12-8-22(19,20)7-11(12)16)14(18)13-10(2)15-9-21-13/h9,11-12H,3-8H2,1-2H3. The second-order valence-corrected chi connectivity index (χ2v) is 9.02. The molecule has 2 atom stereocenters. The van der Waals surface area contributed by atoms with E-state index < -0.39 is 9.84 Å². The van der Waals surface area contributed by atoms with E-state index in [1.165, 1.54) is 11.3 Å². The molecule has 22 heavy (non-hydrogen) atoms. The van der Waals surface area contributed by atoms with E-state index >= 15 is 0 Å². The van der Waals surface area contributed by atoms with E-state index in [1.807, 2.05) is 6.92 Å². The van der Waals surface area contributed by atoms with Crippen molar-refractivity contribution in [2.45, 2.75) is 32.4 Å². The van der Waals surface area contributed by atoms with Gasteiger partial charge in [-0.3, -0.25) is 9.69 Å². The number of piperazine rings is 1. The molecule has 1 amide bonds. The molecular weight excluding hydrogens is 322 g/mol. The van der Waals surface area contributed by atoms with Gasteiger partial charge in [-0.05, 0) is 19.9 Å². The first-order valence-electron chi connectivity index (χ1n) is 7.58. The lowest BCUT2D eigenvalue weighted by Crippen LogP contribution is -2.60. The van der Waals surface area contributed by atoms with Gasteiger partial charge in [0.1, 0.15) is 4.88 Å². The Balaban J connectivity index is 1.88. The molecule has 0 bridgehead atoms. The van der Waals surface area contributed by atoms with E-state index in [0.29, 0.717) is 11.4 Å². The summed E-state index contributed by atoms with van der Waals surface area (Å²) in [5.74, 6) is 0.188. The van der Waals surface area contributed by atoms with Gasteiger partial charge in [-0.25, -0.2) is 13.4 Å². The zero-order valence-corrected chi connectivity index (χ0v) is 14.5. The molecule has 0 aromatic carbocycles. The van der Waals surface area contributed by atoms with Gasteiger partial charge in [-0.2, -0.15) is 0 Å². The quantitative estimate of drug-likeness (QED) is 0.811. The van der Waals surface area contributed by atoms with Gasteiger partial charge >= 0.3 is 0 Å². The van der Waals surface area contributed by atoms with Crippen LogP contribution < -0.4 is 0 Å². The maximum absolute atomic E-state index is 12.8. The molecule has 0 N–H and O–H groups in total. The fraction of sp³-hybridized carbons (Fsp3) is 0.714. The lowest BCUT2D eigenvalue weighted by atomic mass is 10.0. The molecule has 1 aromatic heterocycles. The van der Waals surface area contributed by atoms with Gasteiger partial charge in [0.25, 0.3) is 5.91 Å². The number of aromatic nitrogens is 1. The van der Waals surface area contributed by atoms with Crippen molar-refractivity contribution >= 4 is 27.1 Å². The minimum absolute atomic E-state index is 0.0594. The summed E-state index contributed by atoms with van der Waals surface area (Å²) in [6.45, 7) is 6.13. The van der Waals surface area contributed by atoms with Crippen molar-refractivity contribution in [1.29, 1.82) is 0 Å². The Kier molecular flexibility index (Phi) is 4.26. The van der Waals surface area contributed by atoms with Crippen LogP contribution in [0, 0.1) is 6.92 Å². The molecule has 3 rings (SSSR count). The number of carbonyl (C=O) groups is 1. The van der Waals surface area contributed by atoms with Crippen LogP contribution in [-0.4, -0.2) is 72.3 Å². The number of aryl methyl sites for hydroxylation is 1. The van der Waals surface area contributed by atoms with Gasteiger partial charge in [0.2, 0.25) is 0 Å². The van der Waals surface area contributed by atoms with Crippen molar-refractivity contribution in [2.24, 2.45) is 0 Å². The van der Waals surface area contributed by atoms with Gasteiger partial charge < -0.3 is 4.90 Å². The topological polar surface area (TPSA) is 70.6 Å². The summed E-state index contributed by atoms with van der Waals surface area (Å²) in [7, 11) is -3.07. The van der Waals surface area contributed by atoms with Crippen molar-refractivity contribution < 1.29 is 13.2 Å². The molecule has 122 valence electrons. The zero-order valence-electron chi connectivity index (χ0n) is 12.9. The number of thiazole rings is 1. The van der Waals surface area contributed by atoms with Gasteiger partial charge in [-0.1, -0.05) is 6.92 Å². The maximum atomic E-state index is 12.8. The van der Waals surface area contributed by atoms with Crippen molar-refractivity contribution in [3.8, 4) is 0 Å². The summed E-state index contributed by atoms with van der Waals surface area (Å²) in [5, 5.41) is 0. The summed E-state index contributed by atoms with van der Waals surface area (Å²) < 4.78 is 24.2. The largest absolute Gasteiger partial charge is 0.331 e. The Labute approximate surface area is 135 Å². The van der Waals surface area contributed by atoms with Crippen LogP contribution >= 0.6 is 11.3 Å². The molecule has 0 aliphatic carbocycles. The van der Waals surface area contributed by atoms with Crippen molar-refractivity contribution in [3.05, 3.63) is 16.1 Å². The monoisotopic (exact) mass is 343 g/mol. The van der Waals surface area contributed by atoms with Crippen LogP contribution in [0.4, 0.5) is 0 Å². The van der Waals surface area contributed by atoms with Gasteiger partial charge in [0.15, 0.2) is 9.84 Å². The third-order valence-electron chi connectivity index (χ3n) is 4.50. The van der Waals surface area contributed by atoms with E-state index in [2.05, 4.69) is 16.8 Å². The molecule has 8 heteroatoms. The molecule has 0 radical (unpaired) electrons. The van der Waals surface area contributed by atoms with Crippen molar-refractivity contribution in [1.82, 2.24) is 14.8 Å². The molecule has 2 unspecified atom stereocenters. The van der Waals surface area contributed by atoms with Crippen LogP contribution in [0.3, 0.4) is 0 Å². The summed E-state index contributed by atoms with van der Waals surface area (Å²) >= 11 is 1.33. The molecule has 2 aliphatic heterocycles. The Morgan fingerprint density at radius 1 is 1.36 bits per heavy atom. The molecule has 2 saturated heterocycles. The molecule has 0 saturated carbocycles. The molecule has 2 fully saturated rings. The average Bonchev–Trinajstić information content (AvgIpc) is 3.01. The first-order chi connectivity index (χ1) is 10.4. The predicted molar refractivity (Wildman–Crippen MR) is 86.0 cm³/mol. The summed E-state index contributed by atoms with van der Waals surface area (Å²) in [6, 6.07) is -0.282. The van der Waals surface area contributed by atoms with Crippen LogP contribution in [0.15, 0.2) is 5.51 Å². The number of hydrogen-bond donors (Lipinski definition) is 0. The van der Waals surface area contributed by atoms with E-state index in [9.17, 15) is 13.2 Å². The highest BCUT2D eigenvalue weighted by Crippen LogP contribution is 2.29. The van der Waals surface area contributed by atoms with Crippen LogP contribution in [0.5, 0.6) is 0 Å². The highest BCUT2D eigenvalue weighted by atomic mass is 32.2. The molecule has 6 nitrogen and oxygen atoms in total. The number of sulfone groups is 1. The van der Waals surface area contributed by atoms with Gasteiger partial charge in [-0.15, -0.1) is 11.3 Å². The lowest BCUT2D eigenvalue weighted by Gasteiger charge is -2.43. The highest BCUT2D eigenvalue weighted by molar-refractivity contribution is 7.91. The first kappa shape index (κ1) is 15.9. The normalized spacial score (nSPS) is 27.8. The molecule has 0 spiro atoms. The van der Waals surface area contributed by atoms with E-state index in [0.717, 1.165) is 25.2 Å². The molecule has 1 aromatic rings. The first-order valence-corrected chi connectivity index (χ1v) is 10.3. The second-order valence-electron chi connectivity index (χ2n) is 6.01. The Morgan fingerprint density at radius 2 is 2.09 bits per heavy atom. The fourth-order valence-corrected chi connectivity index (χ4v) is 6.25. The highest BCUT2D eigenvalue weighted by Gasteiger charge is 2.48.